The van der Waals surface area contributed by atoms with Crippen LogP contribution in [0.4, 0.5) is 0 Å². The van der Waals surface area contributed by atoms with E-state index < -0.39 is 10.2 Å². The maximum atomic E-state index is 8.36. The Labute approximate surface area is 151 Å². The normalized spacial score (nSPS) is 9.04. The van der Waals surface area contributed by atoms with Crippen molar-refractivity contribution in [1.29, 1.82) is 0 Å². The topological polar surface area (TPSA) is 153 Å². The SMILES string of the molecule is Cc1ccc2ccc3ccc(C)nc3c2n1.O=[N+]([O-])O.O=[N+]([O-])O.[Cu]. The van der Waals surface area contributed by atoms with E-state index in [0.29, 0.717) is 0 Å². The molecule has 0 saturated heterocycles. The zero-order valence-electron chi connectivity index (χ0n) is 13.1. The van der Waals surface area contributed by atoms with Gasteiger partial charge in [-0.15, -0.1) is 20.2 Å². The number of fused-ring (bicyclic) bond motifs is 3. The van der Waals surface area contributed by atoms with Gasteiger partial charge in [-0.05, 0) is 26.0 Å². The van der Waals surface area contributed by atoms with Crippen LogP contribution in [0, 0.1) is 34.1 Å². The van der Waals surface area contributed by atoms with E-state index in [1.54, 1.807) is 0 Å². The molecule has 11 heteroatoms. The minimum atomic E-state index is -1.50. The van der Waals surface area contributed by atoms with Gasteiger partial charge in [-0.3, -0.25) is 9.97 Å². The molecule has 3 aromatic rings. The smallest absolute Gasteiger partial charge is 0.291 e. The number of benzene rings is 1. The van der Waals surface area contributed by atoms with Crippen molar-refractivity contribution in [3.63, 3.8) is 0 Å². The largest absolute Gasteiger partial charge is 0.328 e. The van der Waals surface area contributed by atoms with Crippen molar-refractivity contribution < 1.29 is 37.7 Å². The number of hydrogen-bond acceptors (Lipinski definition) is 6. The fourth-order valence-electron chi connectivity index (χ4n) is 1.96. The van der Waals surface area contributed by atoms with Crippen LogP contribution < -0.4 is 0 Å². The van der Waals surface area contributed by atoms with Crippen LogP contribution in [0.3, 0.4) is 0 Å². The first-order chi connectivity index (χ1) is 11.2. The second-order valence-corrected chi connectivity index (χ2v) is 4.59. The number of aryl methyl sites for hydroxylation is 2. The first-order valence-corrected chi connectivity index (χ1v) is 6.51. The summed E-state index contributed by atoms with van der Waals surface area (Å²) in [6.45, 7) is 4.02. The minimum absolute atomic E-state index is 0. The molecule has 0 fully saturated rings. The summed E-state index contributed by atoms with van der Waals surface area (Å²) in [7, 11) is 0. The van der Waals surface area contributed by atoms with Crippen LogP contribution in [-0.4, -0.2) is 30.6 Å². The molecular formula is C14H14CuN4O6. The van der Waals surface area contributed by atoms with Gasteiger partial charge >= 0.3 is 0 Å². The van der Waals surface area contributed by atoms with E-state index in [9.17, 15) is 0 Å². The summed E-state index contributed by atoms with van der Waals surface area (Å²) in [4.78, 5) is 25.9. The molecule has 0 atom stereocenters. The zero-order chi connectivity index (χ0) is 18.3. The molecule has 0 amide bonds. The summed E-state index contributed by atoms with van der Waals surface area (Å²) in [5.74, 6) is 0. The van der Waals surface area contributed by atoms with E-state index in [1.807, 2.05) is 26.0 Å². The van der Waals surface area contributed by atoms with Crippen molar-refractivity contribution in [2.24, 2.45) is 0 Å². The molecule has 0 bridgehead atoms. The van der Waals surface area contributed by atoms with Gasteiger partial charge in [-0.2, -0.15) is 0 Å². The molecule has 1 aromatic carbocycles. The first-order valence-electron chi connectivity index (χ1n) is 6.51. The Hall–Kier alpha value is -3.04. The molecule has 0 saturated carbocycles. The third-order valence-corrected chi connectivity index (χ3v) is 2.80. The first kappa shape index (κ1) is 22.0. The predicted octanol–water partition coefficient (Wildman–Crippen LogP) is 2.70. The minimum Gasteiger partial charge on any atom is -0.328 e. The fourth-order valence-corrected chi connectivity index (χ4v) is 1.96. The van der Waals surface area contributed by atoms with Crippen LogP contribution in [0.2, 0.25) is 0 Å². The van der Waals surface area contributed by atoms with Crippen LogP contribution in [0.5, 0.6) is 0 Å². The summed E-state index contributed by atoms with van der Waals surface area (Å²) < 4.78 is 0. The number of aromatic nitrogens is 2. The number of hydrogen-bond donors (Lipinski definition) is 2. The van der Waals surface area contributed by atoms with Crippen molar-refractivity contribution >= 4 is 21.8 Å². The number of nitrogens with zero attached hydrogens (tertiary/aromatic N) is 4. The van der Waals surface area contributed by atoms with Gasteiger partial charge < -0.3 is 10.4 Å². The van der Waals surface area contributed by atoms with Crippen LogP contribution in [0.1, 0.15) is 11.4 Å². The second kappa shape index (κ2) is 9.96. The number of pyridine rings is 2. The standard InChI is InChI=1S/C14H12N2.Cu.2HNO3/c1-9-3-5-11-7-8-12-6-4-10(2)16-14(12)13(11)15-9;;2*2-1(3)4/h3-8H,1-2H3;;2*(H,2,3,4). The average Bonchev–Trinajstić information content (AvgIpc) is 2.46. The molecule has 3 rings (SSSR count). The molecule has 0 spiro atoms. The summed E-state index contributed by atoms with van der Waals surface area (Å²) >= 11 is 0. The van der Waals surface area contributed by atoms with E-state index in [4.69, 9.17) is 30.6 Å². The average molecular weight is 398 g/mol. The molecular weight excluding hydrogens is 384 g/mol. The zero-order valence-corrected chi connectivity index (χ0v) is 14.0. The summed E-state index contributed by atoms with van der Waals surface area (Å²) in [5.41, 5.74) is 4.06. The maximum absolute atomic E-state index is 8.36. The van der Waals surface area contributed by atoms with Gasteiger partial charge in [-0.1, -0.05) is 24.3 Å². The van der Waals surface area contributed by atoms with Crippen molar-refractivity contribution in [2.45, 2.75) is 13.8 Å². The van der Waals surface area contributed by atoms with Crippen molar-refractivity contribution in [3.8, 4) is 0 Å². The van der Waals surface area contributed by atoms with Gasteiger partial charge in [0.15, 0.2) is 0 Å². The quantitative estimate of drug-likeness (QED) is 0.254. The predicted molar refractivity (Wildman–Crippen MR) is 84.1 cm³/mol. The molecule has 0 aliphatic heterocycles. The molecule has 25 heavy (non-hydrogen) atoms. The Kier molecular flexibility index (Phi) is 8.75. The summed E-state index contributed by atoms with van der Waals surface area (Å²) in [6.07, 6.45) is 0. The third kappa shape index (κ3) is 7.38. The Morgan fingerprint density at radius 2 is 1.00 bits per heavy atom. The van der Waals surface area contributed by atoms with Crippen LogP contribution in [0.25, 0.3) is 21.8 Å². The Balaban J connectivity index is 0.000000549. The van der Waals surface area contributed by atoms with Crippen molar-refractivity contribution in [2.75, 3.05) is 0 Å². The molecule has 2 N–H and O–H groups in total. The summed E-state index contributed by atoms with van der Waals surface area (Å²) in [6, 6.07) is 12.5. The molecule has 0 aliphatic rings. The van der Waals surface area contributed by atoms with Crippen LogP contribution >= 0.6 is 0 Å². The van der Waals surface area contributed by atoms with E-state index in [2.05, 4.69) is 34.2 Å². The third-order valence-electron chi connectivity index (χ3n) is 2.80. The fraction of sp³-hybridized carbons (Fsp3) is 0.143. The number of rotatable bonds is 0. The monoisotopic (exact) mass is 397 g/mol. The van der Waals surface area contributed by atoms with Gasteiger partial charge in [0.2, 0.25) is 0 Å². The van der Waals surface area contributed by atoms with Crippen molar-refractivity contribution in [1.82, 2.24) is 9.97 Å². The Morgan fingerprint density at radius 3 is 1.28 bits per heavy atom. The van der Waals surface area contributed by atoms with Crippen molar-refractivity contribution in [3.05, 3.63) is 68.0 Å². The van der Waals surface area contributed by atoms with Gasteiger partial charge in [0, 0.05) is 39.2 Å². The van der Waals surface area contributed by atoms with E-state index in [-0.39, 0.29) is 17.1 Å². The molecule has 1 radical (unpaired) electrons. The van der Waals surface area contributed by atoms with Gasteiger partial charge in [0.05, 0.1) is 11.0 Å². The van der Waals surface area contributed by atoms with Gasteiger partial charge in [0.1, 0.15) is 0 Å². The molecule has 0 aliphatic carbocycles. The van der Waals surface area contributed by atoms with E-state index in [1.165, 1.54) is 0 Å². The van der Waals surface area contributed by atoms with E-state index >= 15 is 0 Å². The molecule has 137 valence electrons. The van der Waals surface area contributed by atoms with Crippen LogP contribution in [0.15, 0.2) is 36.4 Å². The Bertz CT molecular complexity index is 809. The van der Waals surface area contributed by atoms with Crippen LogP contribution in [-0.2, 0) is 17.1 Å². The molecule has 2 aromatic heterocycles. The second-order valence-electron chi connectivity index (χ2n) is 4.59. The molecule has 10 nitrogen and oxygen atoms in total. The van der Waals surface area contributed by atoms with Gasteiger partial charge in [0.25, 0.3) is 10.2 Å². The van der Waals surface area contributed by atoms with E-state index in [0.717, 1.165) is 33.2 Å². The van der Waals surface area contributed by atoms with Gasteiger partial charge in [-0.25, -0.2) is 0 Å². The maximum Gasteiger partial charge on any atom is 0.291 e. The molecule has 2 heterocycles. The summed E-state index contributed by atoms with van der Waals surface area (Å²) in [5, 5.41) is 29.6. The Morgan fingerprint density at radius 1 is 0.760 bits per heavy atom. The molecule has 0 unspecified atom stereocenters.